The number of nitrogens with one attached hydrogen (secondary N) is 1. The van der Waals surface area contributed by atoms with Crippen LogP contribution in [0.3, 0.4) is 0 Å². The Kier molecular flexibility index (Phi) is 3.01. The van der Waals surface area contributed by atoms with Crippen molar-refractivity contribution in [1.82, 2.24) is 10.2 Å². The first-order valence-corrected chi connectivity index (χ1v) is 7.23. The number of aryl methyl sites for hydroxylation is 1. The Balaban J connectivity index is 1.93. The van der Waals surface area contributed by atoms with Gasteiger partial charge in [-0.3, -0.25) is 4.79 Å². The normalized spacial score (nSPS) is 27.6. The molecule has 20 heavy (non-hydrogen) atoms. The predicted molar refractivity (Wildman–Crippen MR) is 77.8 cm³/mol. The van der Waals surface area contributed by atoms with Crippen LogP contribution in [0.2, 0.25) is 0 Å². The Morgan fingerprint density at radius 1 is 1.40 bits per heavy atom. The van der Waals surface area contributed by atoms with E-state index in [9.17, 15) is 9.90 Å². The lowest BCUT2D eigenvalue weighted by Crippen LogP contribution is -2.47. The van der Waals surface area contributed by atoms with Crippen LogP contribution in [0, 0.1) is 18.8 Å². The molecule has 0 bridgehead atoms. The molecule has 4 heteroatoms. The van der Waals surface area contributed by atoms with Gasteiger partial charge in [0.2, 0.25) is 0 Å². The van der Waals surface area contributed by atoms with Gasteiger partial charge in [0.1, 0.15) is 5.75 Å². The molecule has 2 saturated heterocycles. The highest BCUT2D eigenvalue weighted by atomic mass is 16.3. The lowest BCUT2D eigenvalue weighted by atomic mass is 9.84. The third-order valence-corrected chi connectivity index (χ3v) is 4.99. The molecule has 2 heterocycles. The van der Waals surface area contributed by atoms with E-state index in [2.05, 4.69) is 19.2 Å². The van der Waals surface area contributed by atoms with Crippen molar-refractivity contribution < 1.29 is 9.90 Å². The van der Waals surface area contributed by atoms with Crippen molar-refractivity contribution in [2.75, 3.05) is 19.6 Å². The fraction of sp³-hybridized carbons (Fsp3) is 0.562. The van der Waals surface area contributed by atoms with Crippen molar-refractivity contribution in [3.8, 4) is 5.75 Å². The van der Waals surface area contributed by atoms with Gasteiger partial charge in [0.15, 0.2) is 0 Å². The largest absolute Gasteiger partial charge is 0.507 e. The summed E-state index contributed by atoms with van der Waals surface area (Å²) >= 11 is 0. The molecule has 1 aromatic carbocycles. The summed E-state index contributed by atoms with van der Waals surface area (Å²) in [5, 5.41) is 13.4. The maximum absolute atomic E-state index is 12.8. The third kappa shape index (κ3) is 1.90. The Labute approximate surface area is 119 Å². The van der Waals surface area contributed by atoms with Crippen LogP contribution in [-0.2, 0) is 0 Å². The fourth-order valence-electron chi connectivity index (χ4n) is 3.73. The van der Waals surface area contributed by atoms with E-state index in [1.165, 1.54) is 0 Å². The number of nitrogens with zero attached hydrogens (tertiary/aromatic N) is 1. The van der Waals surface area contributed by atoms with Crippen LogP contribution in [0.5, 0.6) is 5.75 Å². The number of phenols is 1. The van der Waals surface area contributed by atoms with E-state index < -0.39 is 0 Å². The van der Waals surface area contributed by atoms with Gasteiger partial charge in [-0.05, 0) is 44.7 Å². The highest BCUT2D eigenvalue weighted by Gasteiger charge is 2.51. The molecule has 0 aliphatic carbocycles. The van der Waals surface area contributed by atoms with Crippen LogP contribution >= 0.6 is 0 Å². The number of fused-ring (bicyclic) bond motifs is 1. The molecule has 0 spiro atoms. The number of benzene rings is 1. The Bertz CT molecular complexity index is 553. The van der Waals surface area contributed by atoms with Crippen molar-refractivity contribution in [3.05, 3.63) is 29.3 Å². The molecule has 1 amide bonds. The van der Waals surface area contributed by atoms with E-state index in [-0.39, 0.29) is 17.2 Å². The van der Waals surface area contributed by atoms with Crippen molar-refractivity contribution >= 4 is 5.91 Å². The van der Waals surface area contributed by atoms with Gasteiger partial charge in [-0.15, -0.1) is 0 Å². The molecule has 2 atom stereocenters. The summed E-state index contributed by atoms with van der Waals surface area (Å²) in [7, 11) is 0. The van der Waals surface area contributed by atoms with Crippen LogP contribution in [-0.4, -0.2) is 41.1 Å². The summed E-state index contributed by atoms with van der Waals surface area (Å²) in [6.45, 7) is 8.94. The molecule has 2 fully saturated rings. The van der Waals surface area contributed by atoms with Gasteiger partial charge in [0.25, 0.3) is 5.91 Å². The maximum Gasteiger partial charge on any atom is 0.258 e. The second-order valence-corrected chi connectivity index (χ2v) is 6.61. The molecule has 1 aromatic rings. The number of carbonyl (C=O) groups is 1. The minimum absolute atomic E-state index is 0.0504. The maximum atomic E-state index is 12.8. The monoisotopic (exact) mass is 274 g/mol. The minimum atomic E-state index is -0.165. The summed E-state index contributed by atoms with van der Waals surface area (Å²) in [4.78, 5) is 14.8. The Hall–Kier alpha value is -1.55. The van der Waals surface area contributed by atoms with Gasteiger partial charge in [0.05, 0.1) is 5.56 Å². The molecule has 2 N–H and O–H groups in total. The zero-order valence-electron chi connectivity index (χ0n) is 12.3. The van der Waals surface area contributed by atoms with Gasteiger partial charge in [0, 0.05) is 25.2 Å². The molecule has 4 nitrogen and oxygen atoms in total. The number of likely N-dealkylation sites (tertiary alicyclic amines) is 1. The molecule has 2 aliphatic rings. The summed E-state index contributed by atoms with van der Waals surface area (Å²) in [6, 6.07) is 5.20. The van der Waals surface area contributed by atoms with Crippen LogP contribution < -0.4 is 5.32 Å². The van der Waals surface area contributed by atoms with E-state index in [4.69, 9.17) is 0 Å². The first-order valence-electron chi connectivity index (χ1n) is 7.23. The predicted octanol–water partition coefficient (Wildman–Crippen LogP) is 1.77. The van der Waals surface area contributed by atoms with Crippen LogP contribution in [0.4, 0.5) is 0 Å². The van der Waals surface area contributed by atoms with Crippen molar-refractivity contribution in [1.29, 1.82) is 0 Å². The molecular weight excluding hydrogens is 252 g/mol. The highest BCUT2D eigenvalue weighted by molar-refractivity contribution is 5.97. The first kappa shape index (κ1) is 13.4. The number of carbonyl (C=O) groups excluding carboxylic acids is 1. The number of amides is 1. The molecule has 0 aromatic heterocycles. The van der Waals surface area contributed by atoms with E-state index in [1.54, 1.807) is 12.1 Å². The molecular formula is C16H22N2O2. The van der Waals surface area contributed by atoms with Crippen LogP contribution in [0.25, 0.3) is 0 Å². The standard InChI is InChI=1S/C16H22N2O2/c1-10-4-5-14(19)12(6-10)15(20)18-9-11-7-17-8-13(11)16(18,2)3/h4-6,11,13,17,19H,7-9H2,1-3H3. The number of hydrogen-bond donors (Lipinski definition) is 2. The smallest absolute Gasteiger partial charge is 0.258 e. The van der Waals surface area contributed by atoms with Crippen molar-refractivity contribution in [2.45, 2.75) is 26.3 Å². The van der Waals surface area contributed by atoms with Crippen molar-refractivity contribution in [2.24, 2.45) is 11.8 Å². The lowest BCUT2D eigenvalue weighted by molar-refractivity contribution is 0.0600. The van der Waals surface area contributed by atoms with E-state index in [1.807, 2.05) is 17.9 Å². The highest BCUT2D eigenvalue weighted by Crippen LogP contribution is 2.41. The van der Waals surface area contributed by atoms with Crippen LogP contribution in [0.1, 0.15) is 29.8 Å². The number of aromatic hydroxyl groups is 1. The van der Waals surface area contributed by atoms with Gasteiger partial charge >= 0.3 is 0 Å². The zero-order valence-corrected chi connectivity index (χ0v) is 12.3. The average Bonchev–Trinajstić information content (AvgIpc) is 2.94. The Morgan fingerprint density at radius 3 is 2.85 bits per heavy atom. The zero-order chi connectivity index (χ0) is 14.5. The molecule has 2 aliphatic heterocycles. The minimum Gasteiger partial charge on any atom is -0.507 e. The first-order chi connectivity index (χ1) is 9.41. The average molecular weight is 274 g/mol. The summed E-state index contributed by atoms with van der Waals surface area (Å²) in [5.41, 5.74) is 1.25. The molecule has 2 unspecified atom stereocenters. The van der Waals surface area contributed by atoms with Gasteiger partial charge in [-0.2, -0.15) is 0 Å². The number of rotatable bonds is 1. The second kappa shape index (κ2) is 4.48. The topological polar surface area (TPSA) is 52.6 Å². The number of hydrogen-bond acceptors (Lipinski definition) is 3. The van der Waals surface area contributed by atoms with Crippen LogP contribution in [0.15, 0.2) is 18.2 Å². The van der Waals surface area contributed by atoms with Gasteiger partial charge in [-0.1, -0.05) is 11.6 Å². The van der Waals surface area contributed by atoms with Gasteiger partial charge < -0.3 is 15.3 Å². The third-order valence-electron chi connectivity index (χ3n) is 4.99. The Morgan fingerprint density at radius 2 is 2.15 bits per heavy atom. The SMILES string of the molecule is Cc1ccc(O)c(C(=O)N2CC3CNCC3C2(C)C)c1. The van der Waals surface area contributed by atoms with E-state index in [0.717, 1.165) is 25.2 Å². The van der Waals surface area contributed by atoms with Gasteiger partial charge in [-0.25, -0.2) is 0 Å². The van der Waals surface area contributed by atoms with E-state index in [0.29, 0.717) is 17.4 Å². The molecule has 3 rings (SSSR count). The molecule has 0 saturated carbocycles. The van der Waals surface area contributed by atoms with Crippen molar-refractivity contribution in [3.63, 3.8) is 0 Å². The molecule has 108 valence electrons. The number of phenolic OH excluding ortho intramolecular Hbond substituents is 1. The lowest BCUT2D eigenvalue weighted by Gasteiger charge is -2.35. The van der Waals surface area contributed by atoms with E-state index >= 15 is 0 Å². The molecule has 0 radical (unpaired) electrons. The fourth-order valence-corrected chi connectivity index (χ4v) is 3.73. The summed E-state index contributed by atoms with van der Waals surface area (Å²) in [5.74, 6) is 1.05. The summed E-state index contributed by atoms with van der Waals surface area (Å²) in [6.07, 6.45) is 0. The summed E-state index contributed by atoms with van der Waals surface area (Å²) < 4.78 is 0. The second-order valence-electron chi connectivity index (χ2n) is 6.61. The quantitative estimate of drug-likeness (QED) is 0.820.